The number of aromatic nitrogens is 2. The van der Waals surface area contributed by atoms with Crippen molar-refractivity contribution in [1.82, 2.24) is 9.78 Å². The number of hydrogen-bond acceptors (Lipinski definition) is 4. The Labute approximate surface area is 125 Å². The highest BCUT2D eigenvalue weighted by molar-refractivity contribution is 7.92. The molecule has 0 amide bonds. The fourth-order valence-electron chi connectivity index (χ4n) is 1.82. The average molecular weight is 308 g/mol. The van der Waals surface area contributed by atoms with Crippen molar-refractivity contribution in [3.8, 4) is 0 Å². The topological polar surface area (TPSA) is 76.0 Å². The summed E-state index contributed by atoms with van der Waals surface area (Å²) in [4.78, 5) is 0. The summed E-state index contributed by atoms with van der Waals surface area (Å²) in [6.45, 7) is 4.31. The van der Waals surface area contributed by atoms with Crippen LogP contribution in [-0.2, 0) is 23.6 Å². The fraction of sp³-hybridized carbons (Fsp3) is 0.357. The van der Waals surface area contributed by atoms with Crippen LogP contribution in [0.2, 0.25) is 0 Å². The van der Waals surface area contributed by atoms with E-state index in [2.05, 4.69) is 15.1 Å². The number of aryl methyl sites for hydroxylation is 1. The SMILES string of the molecule is CCS(=O)(=O)Nc1ccc(NCc2cnn(C)c2C)cc1. The summed E-state index contributed by atoms with van der Waals surface area (Å²) in [5, 5.41) is 7.48. The molecule has 6 nitrogen and oxygen atoms in total. The second-order valence-electron chi connectivity index (χ2n) is 4.82. The van der Waals surface area contributed by atoms with Gasteiger partial charge in [0, 0.05) is 36.2 Å². The Kier molecular flexibility index (Phi) is 4.52. The quantitative estimate of drug-likeness (QED) is 0.857. The maximum Gasteiger partial charge on any atom is 0.232 e. The highest BCUT2D eigenvalue weighted by Gasteiger charge is 2.06. The summed E-state index contributed by atoms with van der Waals surface area (Å²) in [6.07, 6.45) is 1.84. The second-order valence-corrected chi connectivity index (χ2v) is 6.83. The normalized spacial score (nSPS) is 11.4. The first kappa shape index (κ1) is 15.4. The molecular formula is C14H20N4O2S. The molecule has 0 unspecified atom stereocenters. The van der Waals surface area contributed by atoms with Crippen LogP contribution in [0, 0.1) is 6.92 Å². The minimum absolute atomic E-state index is 0.0628. The molecule has 0 fully saturated rings. The summed E-state index contributed by atoms with van der Waals surface area (Å²) in [7, 11) is -1.31. The van der Waals surface area contributed by atoms with Gasteiger partial charge in [-0.3, -0.25) is 9.40 Å². The second kappa shape index (κ2) is 6.17. The summed E-state index contributed by atoms with van der Waals surface area (Å²) < 4.78 is 27.3. The standard InChI is InChI=1S/C14H20N4O2S/c1-4-21(19,20)17-14-7-5-13(6-8-14)15-9-12-10-16-18(3)11(12)2/h5-8,10,15,17H,4,9H2,1-3H3. The van der Waals surface area contributed by atoms with E-state index in [0.717, 1.165) is 16.9 Å². The number of hydrogen-bond donors (Lipinski definition) is 2. The Hall–Kier alpha value is -2.02. The van der Waals surface area contributed by atoms with Gasteiger partial charge < -0.3 is 5.32 Å². The van der Waals surface area contributed by atoms with E-state index in [1.165, 1.54) is 0 Å². The minimum atomic E-state index is -3.22. The Bertz CT molecular complexity index is 705. The molecule has 0 spiro atoms. The van der Waals surface area contributed by atoms with E-state index in [1.807, 2.05) is 37.0 Å². The highest BCUT2D eigenvalue weighted by atomic mass is 32.2. The third-order valence-corrected chi connectivity index (χ3v) is 4.66. The van der Waals surface area contributed by atoms with Gasteiger partial charge in [0.25, 0.3) is 0 Å². The molecule has 21 heavy (non-hydrogen) atoms. The molecule has 0 bridgehead atoms. The number of nitrogens with zero attached hydrogens (tertiary/aromatic N) is 2. The van der Waals surface area contributed by atoms with E-state index in [1.54, 1.807) is 19.1 Å². The summed E-state index contributed by atoms with van der Waals surface area (Å²) in [5.74, 6) is 0.0628. The van der Waals surface area contributed by atoms with E-state index < -0.39 is 10.0 Å². The van der Waals surface area contributed by atoms with E-state index in [-0.39, 0.29) is 5.75 Å². The van der Waals surface area contributed by atoms with Gasteiger partial charge in [-0.15, -0.1) is 0 Å². The van der Waals surface area contributed by atoms with Crippen molar-refractivity contribution in [2.75, 3.05) is 15.8 Å². The van der Waals surface area contributed by atoms with Gasteiger partial charge in [0.05, 0.1) is 11.9 Å². The van der Waals surface area contributed by atoms with Crippen molar-refractivity contribution < 1.29 is 8.42 Å². The van der Waals surface area contributed by atoms with Crippen LogP contribution in [0.1, 0.15) is 18.2 Å². The van der Waals surface area contributed by atoms with E-state index >= 15 is 0 Å². The number of sulfonamides is 1. The van der Waals surface area contributed by atoms with Gasteiger partial charge >= 0.3 is 0 Å². The maximum atomic E-state index is 11.5. The molecule has 0 aliphatic heterocycles. The van der Waals surface area contributed by atoms with Crippen molar-refractivity contribution in [1.29, 1.82) is 0 Å². The molecular weight excluding hydrogens is 288 g/mol. The van der Waals surface area contributed by atoms with Crippen molar-refractivity contribution in [2.24, 2.45) is 7.05 Å². The van der Waals surface area contributed by atoms with Crippen molar-refractivity contribution in [3.63, 3.8) is 0 Å². The molecule has 2 rings (SSSR count). The van der Waals surface area contributed by atoms with Crippen LogP contribution >= 0.6 is 0 Å². The average Bonchev–Trinajstić information content (AvgIpc) is 2.78. The fourth-order valence-corrected chi connectivity index (χ4v) is 2.46. The van der Waals surface area contributed by atoms with Crippen molar-refractivity contribution >= 4 is 21.4 Å². The van der Waals surface area contributed by atoms with Gasteiger partial charge in [-0.2, -0.15) is 5.10 Å². The zero-order chi connectivity index (χ0) is 15.5. The van der Waals surface area contributed by atoms with Gasteiger partial charge in [-0.05, 0) is 38.1 Å². The molecule has 114 valence electrons. The van der Waals surface area contributed by atoms with Gasteiger partial charge in [0.2, 0.25) is 10.0 Å². The van der Waals surface area contributed by atoms with Crippen LogP contribution in [0.3, 0.4) is 0 Å². The number of anilines is 2. The zero-order valence-electron chi connectivity index (χ0n) is 12.4. The predicted molar refractivity (Wildman–Crippen MR) is 84.8 cm³/mol. The van der Waals surface area contributed by atoms with Crippen LogP contribution in [0.5, 0.6) is 0 Å². The van der Waals surface area contributed by atoms with Gasteiger partial charge in [-0.1, -0.05) is 0 Å². The lowest BCUT2D eigenvalue weighted by atomic mass is 10.2. The molecule has 1 heterocycles. The molecule has 0 saturated heterocycles. The first-order chi connectivity index (χ1) is 9.91. The van der Waals surface area contributed by atoms with E-state index in [4.69, 9.17) is 0 Å². The monoisotopic (exact) mass is 308 g/mol. The van der Waals surface area contributed by atoms with Crippen LogP contribution in [0.15, 0.2) is 30.5 Å². The van der Waals surface area contributed by atoms with Crippen LogP contribution < -0.4 is 10.0 Å². The summed E-state index contributed by atoms with van der Waals surface area (Å²) in [6, 6.07) is 7.18. The molecule has 0 aliphatic rings. The number of nitrogens with one attached hydrogen (secondary N) is 2. The van der Waals surface area contributed by atoms with Gasteiger partial charge in [0.1, 0.15) is 0 Å². The maximum absolute atomic E-state index is 11.5. The molecule has 2 aromatic rings. The lowest BCUT2D eigenvalue weighted by Crippen LogP contribution is -2.14. The molecule has 7 heteroatoms. The van der Waals surface area contributed by atoms with Crippen LogP contribution in [-0.4, -0.2) is 24.0 Å². The molecule has 0 saturated carbocycles. The minimum Gasteiger partial charge on any atom is -0.381 e. The zero-order valence-corrected chi connectivity index (χ0v) is 13.2. The summed E-state index contributed by atoms with van der Waals surface area (Å²) >= 11 is 0. The summed E-state index contributed by atoms with van der Waals surface area (Å²) in [5.41, 5.74) is 3.75. The largest absolute Gasteiger partial charge is 0.381 e. The third-order valence-electron chi connectivity index (χ3n) is 3.36. The van der Waals surface area contributed by atoms with Crippen LogP contribution in [0.25, 0.3) is 0 Å². The first-order valence-corrected chi connectivity index (χ1v) is 8.38. The predicted octanol–water partition coefficient (Wildman–Crippen LogP) is 2.10. The smallest absolute Gasteiger partial charge is 0.232 e. The Morgan fingerprint density at radius 1 is 1.19 bits per heavy atom. The molecule has 0 aliphatic carbocycles. The third kappa shape index (κ3) is 3.98. The molecule has 0 atom stereocenters. The lowest BCUT2D eigenvalue weighted by molar-refractivity contribution is 0.602. The number of benzene rings is 1. The molecule has 1 aromatic heterocycles. The Balaban J connectivity index is 1.98. The molecule has 0 radical (unpaired) electrons. The van der Waals surface area contributed by atoms with E-state index in [9.17, 15) is 8.42 Å². The van der Waals surface area contributed by atoms with Crippen molar-refractivity contribution in [2.45, 2.75) is 20.4 Å². The lowest BCUT2D eigenvalue weighted by Gasteiger charge is -2.09. The van der Waals surface area contributed by atoms with Crippen LogP contribution in [0.4, 0.5) is 11.4 Å². The van der Waals surface area contributed by atoms with Gasteiger partial charge in [0.15, 0.2) is 0 Å². The van der Waals surface area contributed by atoms with Crippen molar-refractivity contribution in [3.05, 3.63) is 41.7 Å². The first-order valence-electron chi connectivity index (χ1n) is 6.73. The number of rotatable bonds is 6. The van der Waals surface area contributed by atoms with Gasteiger partial charge in [-0.25, -0.2) is 8.42 Å². The highest BCUT2D eigenvalue weighted by Crippen LogP contribution is 2.16. The Morgan fingerprint density at radius 3 is 2.33 bits per heavy atom. The molecule has 1 aromatic carbocycles. The molecule has 2 N–H and O–H groups in total. The van der Waals surface area contributed by atoms with E-state index in [0.29, 0.717) is 12.2 Å². The Morgan fingerprint density at radius 2 is 1.81 bits per heavy atom.